The molecule has 6 nitrogen and oxygen atoms in total. The molecule has 0 atom stereocenters. The molecule has 0 aliphatic rings. The molecular weight excluding hydrogens is 222 g/mol. The Morgan fingerprint density at radius 1 is 1.20 bits per heavy atom. The zero-order valence-corrected chi connectivity index (χ0v) is 9.74. The predicted molar refractivity (Wildman–Crippen MR) is 56.0 cm³/mol. The third-order valence-corrected chi connectivity index (χ3v) is 3.62. The van der Waals surface area contributed by atoms with Crippen LogP contribution in [0, 0.1) is 0 Å². The number of ether oxygens (including phenoxy) is 1. The van der Waals surface area contributed by atoms with Crippen molar-refractivity contribution in [2.24, 2.45) is 0 Å². The number of aliphatic hydroxyl groups excluding tert-OH is 2. The fourth-order valence-electron chi connectivity index (χ4n) is 1.05. The van der Waals surface area contributed by atoms with E-state index in [-0.39, 0.29) is 38.7 Å². The summed E-state index contributed by atoms with van der Waals surface area (Å²) in [5.41, 5.74) is 0. The van der Waals surface area contributed by atoms with Crippen molar-refractivity contribution in [1.29, 1.82) is 0 Å². The number of nitrogens with zero attached hydrogens (tertiary/aromatic N) is 1. The first-order valence-electron chi connectivity index (χ1n) is 4.85. The second-order valence-electron chi connectivity index (χ2n) is 2.86. The number of sulfonamides is 1. The van der Waals surface area contributed by atoms with Crippen molar-refractivity contribution in [3.8, 4) is 0 Å². The van der Waals surface area contributed by atoms with Gasteiger partial charge >= 0.3 is 0 Å². The highest BCUT2D eigenvalue weighted by atomic mass is 32.2. The molecule has 0 rings (SSSR count). The quantitative estimate of drug-likeness (QED) is 0.487. The standard InChI is InChI=1S/C8H19NO5S/c1-2-14-7-8-15(12,13)9(3-5-10)4-6-11/h10-11H,2-8H2,1H3. The van der Waals surface area contributed by atoms with E-state index < -0.39 is 10.0 Å². The molecule has 92 valence electrons. The topological polar surface area (TPSA) is 87.1 Å². The number of rotatable bonds is 9. The van der Waals surface area contributed by atoms with Gasteiger partial charge in [-0.2, -0.15) is 4.31 Å². The number of aliphatic hydroxyl groups is 2. The molecule has 0 saturated heterocycles. The fraction of sp³-hybridized carbons (Fsp3) is 1.00. The summed E-state index contributed by atoms with van der Waals surface area (Å²) in [6.45, 7) is 1.89. The lowest BCUT2D eigenvalue weighted by atomic mass is 10.6. The molecule has 0 aromatic heterocycles. The third kappa shape index (κ3) is 6.06. The Balaban J connectivity index is 4.22. The molecule has 0 aliphatic carbocycles. The molecule has 0 fully saturated rings. The first-order chi connectivity index (χ1) is 7.08. The van der Waals surface area contributed by atoms with Crippen LogP contribution in [0.4, 0.5) is 0 Å². The van der Waals surface area contributed by atoms with Gasteiger partial charge in [-0.25, -0.2) is 8.42 Å². The summed E-state index contributed by atoms with van der Waals surface area (Å²) >= 11 is 0. The van der Waals surface area contributed by atoms with E-state index >= 15 is 0 Å². The Morgan fingerprint density at radius 3 is 2.13 bits per heavy atom. The summed E-state index contributed by atoms with van der Waals surface area (Å²) in [6, 6.07) is 0. The smallest absolute Gasteiger partial charge is 0.216 e. The van der Waals surface area contributed by atoms with Crippen molar-refractivity contribution in [3.05, 3.63) is 0 Å². The molecule has 0 unspecified atom stereocenters. The second kappa shape index (κ2) is 8.00. The Labute approximate surface area is 90.5 Å². The molecule has 15 heavy (non-hydrogen) atoms. The predicted octanol–water partition coefficient (Wildman–Crippen LogP) is -1.36. The van der Waals surface area contributed by atoms with E-state index in [1.165, 1.54) is 0 Å². The van der Waals surface area contributed by atoms with E-state index in [4.69, 9.17) is 14.9 Å². The normalized spacial score (nSPS) is 12.3. The maximum Gasteiger partial charge on any atom is 0.216 e. The largest absolute Gasteiger partial charge is 0.395 e. The Bertz CT molecular complexity index is 235. The molecule has 0 aromatic rings. The highest BCUT2D eigenvalue weighted by Gasteiger charge is 2.20. The highest BCUT2D eigenvalue weighted by Crippen LogP contribution is 2.00. The summed E-state index contributed by atoms with van der Waals surface area (Å²) in [7, 11) is -3.43. The van der Waals surface area contributed by atoms with E-state index in [0.29, 0.717) is 6.61 Å². The molecule has 0 amide bonds. The minimum Gasteiger partial charge on any atom is -0.395 e. The van der Waals surface area contributed by atoms with Gasteiger partial charge < -0.3 is 14.9 Å². The molecule has 0 heterocycles. The van der Waals surface area contributed by atoms with Gasteiger partial charge in [-0.15, -0.1) is 0 Å². The van der Waals surface area contributed by atoms with Crippen LogP contribution < -0.4 is 0 Å². The van der Waals surface area contributed by atoms with E-state index in [0.717, 1.165) is 4.31 Å². The second-order valence-corrected chi connectivity index (χ2v) is 4.95. The van der Waals surface area contributed by atoms with Crippen LogP contribution in [0.1, 0.15) is 6.92 Å². The minimum atomic E-state index is -3.43. The first kappa shape index (κ1) is 14.8. The first-order valence-corrected chi connectivity index (χ1v) is 6.46. The average Bonchev–Trinajstić information content (AvgIpc) is 2.18. The monoisotopic (exact) mass is 241 g/mol. The summed E-state index contributed by atoms with van der Waals surface area (Å²) in [5.74, 6) is -0.124. The summed E-state index contributed by atoms with van der Waals surface area (Å²) < 4.78 is 29.2. The van der Waals surface area contributed by atoms with Gasteiger partial charge in [-0.05, 0) is 6.92 Å². The molecule has 2 N–H and O–H groups in total. The van der Waals surface area contributed by atoms with Crippen LogP contribution in [0.15, 0.2) is 0 Å². The Hall–Kier alpha value is -0.210. The number of hydrogen-bond acceptors (Lipinski definition) is 5. The lowest BCUT2D eigenvalue weighted by Crippen LogP contribution is -2.38. The van der Waals surface area contributed by atoms with Crippen LogP contribution in [0.2, 0.25) is 0 Å². The molecule has 0 aliphatic heterocycles. The highest BCUT2D eigenvalue weighted by molar-refractivity contribution is 7.89. The van der Waals surface area contributed by atoms with Gasteiger partial charge in [0.25, 0.3) is 0 Å². The van der Waals surface area contributed by atoms with E-state index in [1.807, 2.05) is 0 Å². The van der Waals surface area contributed by atoms with Crippen molar-refractivity contribution in [3.63, 3.8) is 0 Å². The minimum absolute atomic E-state index is 0.00895. The molecular formula is C8H19NO5S. The van der Waals surface area contributed by atoms with Crippen molar-refractivity contribution >= 4 is 10.0 Å². The maximum absolute atomic E-state index is 11.6. The average molecular weight is 241 g/mol. The molecule has 0 saturated carbocycles. The van der Waals surface area contributed by atoms with Crippen molar-refractivity contribution in [2.75, 3.05) is 45.3 Å². The summed E-state index contributed by atoms with van der Waals surface area (Å²) in [5, 5.41) is 17.4. The summed E-state index contributed by atoms with van der Waals surface area (Å²) in [4.78, 5) is 0. The van der Waals surface area contributed by atoms with Gasteiger partial charge in [0.05, 0.1) is 25.6 Å². The van der Waals surface area contributed by atoms with Gasteiger partial charge in [0, 0.05) is 19.7 Å². The molecule has 0 bridgehead atoms. The van der Waals surface area contributed by atoms with Crippen LogP contribution >= 0.6 is 0 Å². The van der Waals surface area contributed by atoms with Crippen LogP contribution in [-0.4, -0.2) is 68.2 Å². The zero-order chi connectivity index (χ0) is 11.7. The van der Waals surface area contributed by atoms with Gasteiger partial charge in [-0.1, -0.05) is 0 Å². The fourth-order valence-corrected chi connectivity index (χ4v) is 2.36. The van der Waals surface area contributed by atoms with Crippen molar-refractivity contribution in [1.82, 2.24) is 4.31 Å². The lowest BCUT2D eigenvalue weighted by molar-refractivity contribution is 0.161. The van der Waals surface area contributed by atoms with Crippen LogP contribution in [-0.2, 0) is 14.8 Å². The van der Waals surface area contributed by atoms with E-state index in [9.17, 15) is 8.42 Å². The Morgan fingerprint density at radius 2 is 1.73 bits per heavy atom. The van der Waals surface area contributed by atoms with Crippen LogP contribution in [0.3, 0.4) is 0 Å². The van der Waals surface area contributed by atoms with E-state index in [2.05, 4.69) is 0 Å². The molecule has 0 radical (unpaired) electrons. The zero-order valence-electron chi connectivity index (χ0n) is 8.92. The van der Waals surface area contributed by atoms with Crippen molar-refractivity contribution < 1.29 is 23.4 Å². The third-order valence-electron chi connectivity index (χ3n) is 1.78. The maximum atomic E-state index is 11.6. The van der Waals surface area contributed by atoms with Gasteiger partial charge in [-0.3, -0.25) is 0 Å². The van der Waals surface area contributed by atoms with Gasteiger partial charge in [0.15, 0.2) is 0 Å². The van der Waals surface area contributed by atoms with Gasteiger partial charge in [0.1, 0.15) is 0 Å². The Kier molecular flexibility index (Phi) is 7.89. The summed E-state index contributed by atoms with van der Waals surface area (Å²) in [6.07, 6.45) is 0. The van der Waals surface area contributed by atoms with Gasteiger partial charge in [0.2, 0.25) is 10.0 Å². The van der Waals surface area contributed by atoms with Crippen LogP contribution in [0.5, 0.6) is 0 Å². The van der Waals surface area contributed by atoms with Crippen molar-refractivity contribution in [2.45, 2.75) is 6.92 Å². The molecule has 0 aromatic carbocycles. The number of hydrogen-bond donors (Lipinski definition) is 2. The van der Waals surface area contributed by atoms with E-state index in [1.54, 1.807) is 6.92 Å². The van der Waals surface area contributed by atoms with Crippen LogP contribution in [0.25, 0.3) is 0 Å². The lowest BCUT2D eigenvalue weighted by Gasteiger charge is -2.19. The SMILES string of the molecule is CCOCCS(=O)(=O)N(CCO)CCO. The molecule has 7 heteroatoms. The molecule has 0 spiro atoms.